The maximum Gasteiger partial charge on any atom is 1.00 e. The summed E-state index contributed by atoms with van der Waals surface area (Å²) in [7, 11) is 4.00. The van der Waals surface area contributed by atoms with Crippen LogP contribution in [0, 0.1) is 12.9 Å². The van der Waals surface area contributed by atoms with Crippen LogP contribution in [0.25, 0.3) is 0 Å². The molecule has 6 nitrogen and oxygen atoms in total. The fourth-order valence-electron chi connectivity index (χ4n) is 3.79. The number of piperazine rings is 1. The van der Waals surface area contributed by atoms with Gasteiger partial charge >= 0.3 is 29.6 Å². The van der Waals surface area contributed by atoms with E-state index in [9.17, 15) is 4.39 Å². The Labute approximate surface area is 233 Å². The quantitative estimate of drug-likeness (QED) is 0.256. The molecule has 0 bridgehead atoms. The van der Waals surface area contributed by atoms with Gasteiger partial charge in [0.05, 0.1) is 30.2 Å². The fraction of sp³-hybridized carbons (Fsp3) is 0.261. The molecule has 1 unspecified atom stereocenters. The monoisotopic (exact) mass is 511 g/mol. The van der Waals surface area contributed by atoms with Crippen molar-refractivity contribution in [2.45, 2.75) is 17.5 Å². The molecular weight excluding hydrogens is 486 g/mol. The smallest absolute Gasteiger partial charge is 0.779 e. The summed E-state index contributed by atoms with van der Waals surface area (Å²) in [5, 5.41) is 0. The van der Waals surface area contributed by atoms with Crippen molar-refractivity contribution in [2.24, 2.45) is 9.98 Å². The van der Waals surface area contributed by atoms with Crippen molar-refractivity contribution < 1.29 is 51.3 Å². The molecule has 0 aromatic heterocycles. The van der Waals surface area contributed by atoms with E-state index in [1.54, 1.807) is 18.3 Å². The molecule has 4 rings (SSSR count). The Morgan fingerprint density at radius 2 is 1.85 bits per heavy atom. The molecule has 0 spiro atoms. The maximum atomic E-state index is 14.2. The summed E-state index contributed by atoms with van der Waals surface area (Å²) in [5.41, 5.74) is 10.4. The van der Waals surface area contributed by atoms with Gasteiger partial charge in [0.15, 0.2) is 0 Å². The van der Waals surface area contributed by atoms with Crippen LogP contribution in [-0.4, -0.2) is 43.5 Å². The topological polar surface area (TPSA) is 55.3 Å². The Hall–Kier alpha value is -1.28. The molecule has 2 aliphatic rings. The molecule has 2 aromatic rings. The van der Waals surface area contributed by atoms with Crippen LogP contribution in [-0.2, 0) is 36.5 Å². The number of anilines is 1. The number of aliphatic imine (C=N–C) groups is 2. The Bertz CT molecular complexity index is 988. The fourth-order valence-corrected chi connectivity index (χ4v) is 4.03. The third-order valence-electron chi connectivity index (χ3n) is 5.57. The number of hydrogen-bond donors (Lipinski definition) is 2. The van der Waals surface area contributed by atoms with Gasteiger partial charge in [-0.3, -0.25) is 17.0 Å². The molecule has 0 saturated carbocycles. The van der Waals surface area contributed by atoms with Crippen molar-refractivity contribution in [1.82, 2.24) is 15.8 Å². The van der Waals surface area contributed by atoms with E-state index >= 15 is 0 Å². The molecule has 0 radical (unpaired) electrons. The van der Waals surface area contributed by atoms with Crippen LogP contribution in [0.2, 0.25) is 0 Å². The van der Waals surface area contributed by atoms with Crippen LogP contribution in [0.4, 0.5) is 10.1 Å². The van der Waals surface area contributed by atoms with Crippen LogP contribution in [0.1, 0.15) is 17.2 Å². The van der Waals surface area contributed by atoms with Gasteiger partial charge in [-0.25, -0.2) is 9.82 Å². The molecule has 2 saturated heterocycles. The Morgan fingerprint density at radius 3 is 2.48 bits per heavy atom. The van der Waals surface area contributed by atoms with E-state index < -0.39 is 0 Å². The first-order valence-electron chi connectivity index (χ1n) is 10.1. The van der Waals surface area contributed by atoms with Crippen molar-refractivity contribution in [3.63, 3.8) is 0 Å². The van der Waals surface area contributed by atoms with Gasteiger partial charge in [-0.05, 0) is 49.1 Å². The van der Waals surface area contributed by atoms with Crippen LogP contribution in [0.3, 0.4) is 0 Å². The standard InChI is InChI=1S/C23H26FN6S.Cr.Na/c1-25-15-20-23(26-14-18-19(24)4-3-5-21(18)31)22(28-27-20)16-6-8-17(9-7-16)30-12-10-29(2)11-13-30;;/h3-9,15,22,27-28,31H,1-2,10-14H2;;/q-1;;+1/p-1/b20-15+,26-23?;;. The molecule has 2 aliphatic heterocycles. The summed E-state index contributed by atoms with van der Waals surface area (Å²) in [6.07, 6.45) is 1.61. The van der Waals surface area contributed by atoms with E-state index in [0.717, 1.165) is 37.5 Å². The summed E-state index contributed by atoms with van der Waals surface area (Å²) in [4.78, 5) is 13.5. The minimum absolute atomic E-state index is 0. The number of benzene rings is 2. The van der Waals surface area contributed by atoms with Gasteiger partial charge in [0.25, 0.3) is 0 Å². The van der Waals surface area contributed by atoms with Crippen molar-refractivity contribution in [3.05, 3.63) is 78.4 Å². The van der Waals surface area contributed by atoms with Crippen molar-refractivity contribution >= 4 is 30.7 Å². The molecule has 2 fully saturated rings. The molecule has 0 aliphatic carbocycles. The predicted octanol–water partition coefficient (Wildman–Crippen LogP) is -0.0213. The zero-order valence-electron chi connectivity index (χ0n) is 18.6. The third kappa shape index (κ3) is 6.65. The van der Waals surface area contributed by atoms with E-state index in [-0.39, 0.29) is 65.3 Å². The van der Waals surface area contributed by atoms with Crippen LogP contribution in [0.5, 0.6) is 0 Å². The molecule has 168 valence electrons. The summed E-state index contributed by atoms with van der Waals surface area (Å²) >= 11 is 5.27. The van der Waals surface area contributed by atoms with E-state index in [1.807, 2.05) is 0 Å². The van der Waals surface area contributed by atoms with Crippen LogP contribution >= 0.6 is 0 Å². The van der Waals surface area contributed by atoms with E-state index in [2.05, 4.69) is 63.7 Å². The maximum absolute atomic E-state index is 14.2. The van der Waals surface area contributed by atoms with Crippen LogP contribution in [0.15, 0.2) is 69.2 Å². The first-order valence-corrected chi connectivity index (χ1v) is 10.5. The van der Waals surface area contributed by atoms with E-state index in [4.69, 9.17) is 17.6 Å². The number of nitrogens with one attached hydrogen (secondary N) is 2. The van der Waals surface area contributed by atoms with Gasteiger partial charge in [-0.1, -0.05) is 24.3 Å². The molecular formula is C23H25CrFN6NaS-. The second-order valence-corrected chi connectivity index (χ2v) is 7.98. The molecule has 2 aromatic carbocycles. The van der Waals surface area contributed by atoms with Gasteiger partial charge in [0.1, 0.15) is 5.82 Å². The largest absolute Gasteiger partial charge is 1.00 e. The molecule has 1 atom stereocenters. The van der Waals surface area contributed by atoms with Crippen LogP contribution < -0.4 is 45.3 Å². The van der Waals surface area contributed by atoms with E-state index in [1.165, 1.54) is 11.8 Å². The summed E-state index contributed by atoms with van der Waals surface area (Å²) in [6.45, 7) is 7.52. The van der Waals surface area contributed by atoms with Gasteiger partial charge in [0, 0.05) is 36.1 Å². The van der Waals surface area contributed by atoms with Crippen molar-refractivity contribution in [2.75, 3.05) is 31.1 Å². The van der Waals surface area contributed by atoms with Gasteiger partial charge < -0.3 is 27.9 Å². The molecule has 2 N–H and O–H groups in total. The first-order chi connectivity index (χ1) is 15.1. The van der Waals surface area contributed by atoms with Crippen molar-refractivity contribution in [3.8, 4) is 0 Å². The van der Waals surface area contributed by atoms with E-state index in [0.29, 0.717) is 16.2 Å². The number of rotatable bonds is 5. The zero-order valence-corrected chi connectivity index (χ0v) is 22.7. The predicted molar refractivity (Wildman–Crippen MR) is 125 cm³/mol. The van der Waals surface area contributed by atoms with Crippen molar-refractivity contribution in [1.29, 1.82) is 0 Å². The Morgan fingerprint density at radius 1 is 1.15 bits per heavy atom. The molecule has 2 heterocycles. The molecule has 33 heavy (non-hydrogen) atoms. The number of hydrogen-bond acceptors (Lipinski definition) is 7. The average molecular weight is 512 g/mol. The summed E-state index contributed by atoms with van der Waals surface area (Å²) in [5.74, 6) is -0.341. The first kappa shape index (κ1) is 28.0. The summed E-state index contributed by atoms with van der Waals surface area (Å²) < 4.78 is 14.2. The minimum atomic E-state index is -0.341. The minimum Gasteiger partial charge on any atom is -0.779 e. The Kier molecular flexibility index (Phi) is 11.0. The molecule has 0 amide bonds. The third-order valence-corrected chi connectivity index (χ3v) is 5.95. The van der Waals surface area contributed by atoms with Gasteiger partial charge in [0.2, 0.25) is 0 Å². The number of nitrogens with zero attached hydrogens (tertiary/aromatic N) is 4. The number of halogens is 1. The normalized spacial score (nSPS) is 20.8. The average Bonchev–Trinajstić information content (AvgIpc) is 3.17. The SMILES string of the molecule is C=N/C=C1/NNC(c2ccc(N3CCN([CH2-])CC3)cc2)C1=NCc1c(F)cccc1[S-].[Cr].[Na+]. The van der Waals surface area contributed by atoms with Gasteiger partial charge in [-0.15, -0.1) is 0 Å². The Balaban J connectivity index is 0.00000193. The number of hydrazine groups is 1. The zero-order chi connectivity index (χ0) is 21.8. The van der Waals surface area contributed by atoms with Gasteiger partial charge in [-0.2, -0.15) is 4.90 Å². The second-order valence-electron chi connectivity index (χ2n) is 7.54. The second kappa shape index (κ2) is 13.0. The summed E-state index contributed by atoms with van der Waals surface area (Å²) in [6, 6.07) is 13.0. The molecule has 10 heteroatoms.